The van der Waals surface area contributed by atoms with Crippen LogP contribution in [0.15, 0.2) is 28.7 Å². The number of ether oxygens (including phenoxy) is 1. The van der Waals surface area contributed by atoms with Crippen LogP contribution >= 0.6 is 15.9 Å². The summed E-state index contributed by atoms with van der Waals surface area (Å²) >= 11 is 3.21. The topological polar surface area (TPSA) is 82.0 Å². The molecule has 30 heavy (non-hydrogen) atoms. The summed E-state index contributed by atoms with van der Waals surface area (Å²) in [5.41, 5.74) is -0.00517. The van der Waals surface area contributed by atoms with E-state index in [-0.39, 0.29) is 31.1 Å². The summed E-state index contributed by atoms with van der Waals surface area (Å²) in [6.07, 6.45) is -4.58. The molecule has 1 aromatic rings. The lowest BCUT2D eigenvalue weighted by atomic mass is 9.98. The highest BCUT2D eigenvalue weighted by Crippen LogP contribution is 2.37. The maximum atomic E-state index is 13.9. The minimum absolute atomic E-state index is 0.00517. The fourth-order valence-electron chi connectivity index (χ4n) is 4.20. The highest BCUT2D eigenvalue weighted by molar-refractivity contribution is 9.10. The average Bonchev–Trinajstić information content (AvgIpc) is 3.19. The zero-order valence-electron chi connectivity index (χ0n) is 16.7. The number of carbonyl (C=O) groups excluding carboxylic acids is 1. The zero-order valence-corrected chi connectivity index (χ0v) is 18.3. The number of nitrogens with one attached hydrogen (secondary N) is 1. The van der Waals surface area contributed by atoms with Crippen LogP contribution in [0.5, 0.6) is 0 Å². The number of rotatable bonds is 6. The molecule has 0 saturated carbocycles. The van der Waals surface area contributed by atoms with Crippen LogP contribution in [-0.2, 0) is 9.53 Å². The van der Waals surface area contributed by atoms with Gasteiger partial charge in [0.25, 0.3) is 0 Å². The van der Waals surface area contributed by atoms with Crippen molar-refractivity contribution in [1.82, 2.24) is 10.2 Å². The van der Waals surface area contributed by atoms with Gasteiger partial charge >= 0.3 is 6.18 Å². The Balaban J connectivity index is 1.87. The molecule has 2 heterocycles. The van der Waals surface area contributed by atoms with Crippen molar-refractivity contribution >= 4 is 21.8 Å². The monoisotopic (exact) mass is 494 g/mol. The second-order valence-corrected chi connectivity index (χ2v) is 9.28. The highest BCUT2D eigenvalue weighted by Gasteiger charge is 2.56. The number of nitrogens with zero attached hydrogens (tertiary/aromatic N) is 1. The summed E-state index contributed by atoms with van der Waals surface area (Å²) in [7, 11) is 0. The number of alkyl halides is 3. The molecule has 1 unspecified atom stereocenters. The number of hydrogen-bond donors (Lipinski definition) is 3. The van der Waals surface area contributed by atoms with Crippen LogP contribution in [-0.4, -0.2) is 64.3 Å². The summed E-state index contributed by atoms with van der Waals surface area (Å²) in [6, 6.07) is 1.58. The van der Waals surface area contributed by atoms with Gasteiger partial charge in [-0.1, -0.05) is 41.9 Å². The van der Waals surface area contributed by atoms with Gasteiger partial charge in [0.2, 0.25) is 11.7 Å². The van der Waals surface area contributed by atoms with Gasteiger partial charge in [0.05, 0.1) is 12.1 Å². The van der Waals surface area contributed by atoms with Crippen LogP contribution < -0.4 is 5.32 Å². The van der Waals surface area contributed by atoms with Gasteiger partial charge in [-0.2, -0.15) is 13.2 Å². The van der Waals surface area contributed by atoms with Gasteiger partial charge in [-0.25, -0.2) is 0 Å². The number of carbonyl (C=O) groups is 1. The predicted molar refractivity (Wildman–Crippen MR) is 106 cm³/mol. The number of aliphatic hydroxyl groups is 2. The SMILES string of the molecule is CC(C)C[C@H](NC(c1ccc(Br)cc1)C(F)(F)F)C(=O)N1CC[C@H]2OCC(O)(O)[C@H]21. The van der Waals surface area contributed by atoms with Crippen molar-refractivity contribution in [2.24, 2.45) is 5.92 Å². The standard InChI is InChI=1S/C20H26BrF3N2O4/c1-11(2)9-14(18(27)26-8-7-15-17(26)19(28,29)10-30-15)25-16(20(22,23)24)12-3-5-13(21)6-4-12/h3-6,11,14-17,25,28-29H,7-10H2,1-2H3/t14-,15+,16?,17-/m0/s1. The van der Waals surface area contributed by atoms with E-state index in [0.29, 0.717) is 10.9 Å². The van der Waals surface area contributed by atoms with E-state index in [4.69, 9.17) is 4.74 Å². The van der Waals surface area contributed by atoms with Crippen LogP contribution in [0.1, 0.15) is 38.3 Å². The quantitative estimate of drug-likeness (QED) is 0.529. The minimum atomic E-state index is -4.62. The maximum Gasteiger partial charge on any atom is 0.407 e. The van der Waals surface area contributed by atoms with Gasteiger partial charge in [-0.05, 0) is 36.5 Å². The smallest absolute Gasteiger partial charge is 0.370 e. The molecular weight excluding hydrogens is 469 g/mol. The molecule has 3 N–H and O–H groups in total. The Kier molecular flexibility index (Phi) is 6.83. The van der Waals surface area contributed by atoms with Gasteiger partial charge in [0.15, 0.2) is 0 Å². The lowest BCUT2D eigenvalue weighted by Gasteiger charge is -2.35. The Morgan fingerprint density at radius 3 is 2.53 bits per heavy atom. The molecule has 10 heteroatoms. The van der Waals surface area contributed by atoms with Crippen LogP contribution in [0.4, 0.5) is 13.2 Å². The molecule has 6 nitrogen and oxygen atoms in total. The first-order valence-electron chi connectivity index (χ1n) is 9.85. The third-order valence-corrected chi connectivity index (χ3v) is 6.04. The van der Waals surface area contributed by atoms with E-state index in [1.54, 1.807) is 0 Å². The van der Waals surface area contributed by atoms with Gasteiger partial charge in [-0.15, -0.1) is 0 Å². The van der Waals surface area contributed by atoms with Crippen LogP contribution in [0.2, 0.25) is 0 Å². The largest absolute Gasteiger partial charge is 0.407 e. The fraction of sp³-hybridized carbons (Fsp3) is 0.650. The first-order chi connectivity index (χ1) is 13.9. The van der Waals surface area contributed by atoms with Crippen LogP contribution in [0.3, 0.4) is 0 Å². The maximum absolute atomic E-state index is 13.9. The van der Waals surface area contributed by atoms with Crippen molar-refractivity contribution < 1.29 is 32.9 Å². The Morgan fingerprint density at radius 1 is 1.33 bits per heavy atom. The van der Waals surface area contributed by atoms with Gasteiger partial charge in [0, 0.05) is 11.0 Å². The first-order valence-corrected chi connectivity index (χ1v) is 10.6. The molecule has 0 aliphatic carbocycles. The molecule has 4 atom stereocenters. The van der Waals surface area contributed by atoms with Crippen molar-refractivity contribution in [2.75, 3.05) is 13.2 Å². The highest BCUT2D eigenvalue weighted by atomic mass is 79.9. The van der Waals surface area contributed by atoms with Gasteiger partial charge < -0.3 is 19.8 Å². The number of benzene rings is 1. The van der Waals surface area contributed by atoms with E-state index in [9.17, 15) is 28.2 Å². The molecule has 1 amide bonds. The van der Waals surface area contributed by atoms with Gasteiger partial charge in [0.1, 0.15) is 18.7 Å². The third kappa shape index (κ3) is 4.99. The van der Waals surface area contributed by atoms with E-state index in [0.717, 1.165) is 0 Å². The summed E-state index contributed by atoms with van der Waals surface area (Å²) in [4.78, 5) is 14.5. The molecule has 2 saturated heterocycles. The Labute approximate surface area is 181 Å². The molecule has 0 spiro atoms. The van der Waals surface area contributed by atoms with E-state index >= 15 is 0 Å². The van der Waals surface area contributed by atoms with Crippen molar-refractivity contribution in [1.29, 1.82) is 0 Å². The second kappa shape index (κ2) is 8.74. The number of fused-ring (bicyclic) bond motifs is 1. The molecule has 3 rings (SSSR count). The third-order valence-electron chi connectivity index (χ3n) is 5.51. The lowest BCUT2D eigenvalue weighted by Crippen LogP contribution is -2.58. The summed E-state index contributed by atoms with van der Waals surface area (Å²) in [5, 5.41) is 22.9. The molecule has 2 aliphatic heterocycles. The van der Waals surface area contributed by atoms with Crippen molar-refractivity contribution in [2.45, 2.75) is 62.9 Å². The van der Waals surface area contributed by atoms with Crippen LogP contribution in [0.25, 0.3) is 0 Å². The van der Waals surface area contributed by atoms with E-state index in [1.165, 1.54) is 29.2 Å². The average molecular weight is 495 g/mol. The van der Waals surface area contributed by atoms with Crippen molar-refractivity contribution in [3.05, 3.63) is 34.3 Å². The summed E-state index contributed by atoms with van der Waals surface area (Å²) in [5.74, 6) is -2.86. The number of amides is 1. The molecular formula is C20H26BrF3N2O4. The minimum Gasteiger partial charge on any atom is -0.370 e. The van der Waals surface area contributed by atoms with E-state index in [1.807, 2.05) is 13.8 Å². The molecule has 168 valence electrons. The Morgan fingerprint density at radius 2 is 1.97 bits per heavy atom. The molecule has 0 aromatic heterocycles. The fourth-order valence-corrected chi connectivity index (χ4v) is 4.46. The van der Waals surface area contributed by atoms with Gasteiger partial charge in [-0.3, -0.25) is 10.1 Å². The number of halogens is 4. The Bertz CT molecular complexity index is 757. The Hall–Kier alpha value is -1.20. The molecule has 2 aliphatic rings. The number of hydrogen-bond acceptors (Lipinski definition) is 5. The van der Waals surface area contributed by atoms with Crippen molar-refractivity contribution in [3.8, 4) is 0 Å². The molecule has 1 aromatic carbocycles. The van der Waals surface area contributed by atoms with Crippen molar-refractivity contribution in [3.63, 3.8) is 0 Å². The zero-order chi connectivity index (χ0) is 22.3. The van der Waals surface area contributed by atoms with E-state index < -0.39 is 42.1 Å². The summed E-state index contributed by atoms with van der Waals surface area (Å²) < 4.78 is 47.6. The molecule has 0 bridgehead atoms. The number of likely N-dealkylation sites (tertiary alicyclic amines) is 1. The summed E-state index contributed by atoms with van der Waals surface area (Å²) in [6.45, 7) is 3.50. The van der Waals surface area contributed by atoms with Crippen LogP contribution in [0, 0.1) is 5.92 Å². The predicted octanol–water partition coefficient (Wildman–Crippen LogP) is 2.74. The lowest BCUT2D eigenvalue weighted by molar-refractivity contribution is -0.192. The molecule has 2 fully saturated rings. The normalized spacial score (nSPS) is 25.4. The second-order valence-electron chi connectivity index (χ2n) is 8.37. The molecule has 0 radical (unpaired) electrons. The van der Waals surface area contributed by atoms with E-state index in [2.05, 4.69) is 21.2 Å². The first kappa shape index (κ1) is 23.5.